The number of carboxylic acid groups (broad SMARTS) is 2. The van der Waals surface area contributed by atoms with E-state index >= 15 is 0 Å². The van der Waals surface area contributed by atoms with Crippen molar-refractivity contribution < 1.29 is 37.7 Å². The van der Waals surface area contributed by atoms with E-state index in [-0.39, 0.29) is 6.42 Å². The molecule has 0 spiro atoms. The number of ether oxygens (including phenoxy) is 1. The van der Waals surface area contributed by atoms with Crippen LogP contribution in [-0.2, 0) is 29.0 Å². The Morgan fingerprint density at radius 2 is 1.97 bits per heavy atom. The summed E-state index contributed by atoms with van der Waals surface area (Å²) in [5.41, 5.74) is 2.19. The van der Waals surface area contributed by atoms with Crippen molar-refractivity contribution in [1.29, 1.82) is 0 Å². The molecule has 0 bridgehead atoms. The molecule has 0 unspecified atom stereocenters. The molecule has 2 aromatic heterocycles. The molecule has 0 saturated heterocycles. The summed E-state index contributed by atoms with van der Waals surface area (Å²) in [5.74, 6) is -0.769. The lowest BCUT2D eigenvalue weighted by Gasteiger charge is -2.07. The highest BCUT2D eigenvalue weighted by Crippen LogP contribution is 2.34. The Hall–Kier alpha value is -3.90. The average Bonchev–Trinajstić information content (AvgIpc) is 3.32. The molecule has 0 saturated carbocycles. The van der Waals surface area contributed by atoms with Gasteiger partial charge in [-0.3, -0.25) is 9.89 Å². The lowest BCUT2D eigenvalue weighted by atomic mass is 10.1. The van der Waals surface area contributed by atoms with E-state index in [1.807, 2.05) is 22.9 Å². The number of aryl methyl sites for hydroxylation is 1. The summed E-state index contributed by atoms with van der Waals surface area (Å²) in [7, 11) is 0. The Labute approximate surface area is 185 Å². The van der Waals surface area contributed by atoms with Gasteiger partial charge in [-0.1, -0.05) is 13.0 Å². The first-order valence-electron chi connectivity index (χ1n) is 9.85. The number of aromatic amines is 1. The number of hydrogen-bond acceptors (Lipinski definition) is 6. The number of carbonyl (C=O) groups is 2. The fourth-order valence-corrected chi connectivity index (χ4v) is 3.08. The van der Waals surface area contributed by atoms with Crippen LogP contribution in [0.2, 0.25) is 0 Å². The molecule has 3 N–H and O–H groups in total. The van der Waals surface area contributed by atoms with Crippen LogP contribution < -0.4 is 4.74 Å². The molecule has 1 aliphatic heterocycles. The minimum absolute atomic E-state index is 0.0395. The predicted octanol–water partition coefficient (Wildman–Crippen LogP) is 2.94. The van der Waals surface area contributed by atoms with Crippen molar-refractivity contribution in [2.24, 2.45) is 0 Å². The molecule has 176 valence electrons. The molecular formula is C20H20F3N5O5. The van der Waals surface area contributed by atoms with E-state index in [9.17, 15) is 18.0 Å². The van der Waals surface area contributed by atoms with E-state index in [1.54, 1.807) is 6.07 Å². The summed E-state index contributed by atoms with van der Waals surface area (Å²) < 4.78 is 39.5. The first-order chi connectivity index (χ1) is 15.6. The summed E-state index contributed by atoms with van der Waals surface area (Å²) in [6.45, 7) is 3.26. The number of aromatic nitrogens is 5. The third kappa shape index (κ3) is 5.87. The maximum absolute atomic E-state index is 11.0. The van der Waals surface area contributed by atoms with Gasteiger partial charge >= 0.3 is 18.1 Å². The molecule has 33 heavy (non-hydrogen) atoms. The van der Waals surface area contributed by atoms with Gasteiger partial charge in [0.05, 0.1) is 18.5 Å². The number of carboxylic acids is 2. The molecule has 0 amide bonds. The molecule has 0 fully saturated rings. The van der Waals surface area contributed by atoms with Gasteiger partial charge < -0.3 is 19.5 Å². The van der Waals surface area contributed by atoms with Gasteiger partial charge in [-0.25, -0.2) is 14.8 Å². The van der Waals surface area contributed by atoms with E-state index in [0.717, 1.165) is 30.1 Å². The smallest absolute Gasteiger partial charge is 0.490 e. The number of benzene rings is 1. The Morgan fingerprint density at radius 1 is 1.24 bits per heavy atom. The molecule has 0 atom stereocenters. The van der Waals surface area contributed by atoms with Crippen molar-refractivity contribution in [3.8, 4) is 28.7 Å². The number of imidazole rings is 1. The number of hydrogen-bond donors (Lipinski definition) is 3. The molecule has 0 radical (unpaired) electrons. The van der Waals surface area contributed by atoms with Crippen LogP contribution in [0.5, 0.6) is 5.75 Å². The number of nitrogens with one attached hydrogen (secondary N) is 1. The summed E-state index contributed by atoms with van der Waals surface area (Å²) in [6, 6.07) is 5.42. The summed E-state index contributed by atoms with van der Waals surface area (Å²) in [6.07, 6.45) is -1.38. The van der Waals surface area contributed by atoms with E-state index in [2.05, 4.69) is 22.1 Å². The third-order valence-electron chi connectivity index (χ3n) is 4.50. The van der Waals surface area contributed by atoms with Crippen LogP contribution in [0, 0.1) is 0 Å². The molecule has 13 heteroatoms. The zero-order chi connectivity index (χ0) is 24.2. The summed E-state index contributed by atoms with van der Waals surface area (Å²) >= 11 is 0. The maximum Gasteiger partial charge on any atom is 0.490 e. The minimum Gasteiger partial charge on any atom is -0.491 e. The molecule has 1 aliphatic rings. The second-order valence-electron chi connectivity index (χ2n) is 7.05. The summed E-state index contributed by atoms with van der Waals surface area (Å²) in [5, 5.41) is 23.4. The van der Waals surface area contributed by atoms with Crippen LogP contribution in [-0.4, -0.2) is 59.7 Å². The molecular weight excluding hydrogens is 447 g/mol. The second kappa shape index (κ2) is 9.71. The number of aliphatic carboxylic acids is 2. The van der Waals surface area contributed by atoms with Gasteiger partial charge in [0.15, 0.2) is 0 Å². The fraction of sp³-hybridized carbons (Fsp3) is 0.350. The Morgan fingerprint density at radius 3 is 2.61 bits per heavy atom. The van der Waals surface area contributed by atoms with Gasteiger partial charge in [-0.2, -0.15) is 18.3 Å². The molecule has 3 heterocycles. The first kappa shape index (κ1) is 23.8. The monoisotopic (exact) mass is 467 g/mol. The molecule has 0 aliphatic carbocycles. The lowest BCUT2D eigenvalue weighted by molar-refractivity contribution is -0.192. The lowest BCUT2D eigenvalue weighted by Crippen LogP contribution is -2.21. The third-order valence-corrected chi connectivity index (χ3v) is 4.50. The van der Waals surface area contributed by atoms with Crippen LogP contribution in [0.25, 0.3) is 22.9 Å². The number of fused-ring (bicyclic) bond motifs is 3. The number of H-pyrrole nitrogens is 1. The van der Waals surface area contributed by atoms with Crippen LogP contribution in [0.3, 0.4) is 0 Å². The Balaban J connectivity index is 0.000000383. The van der Waals surface area contributed by atoms with Crippen LogP contribution >= 0.6 is 0 Å². The van der Waals surface area contributed by atoms with Gasteiger partial charge in [-0.15, -0.1) is 0 Å². The van der Waals surface area contributed by atoms with Gasteiger partial charge in [-0.05, 0) is 24.1 Å². The van der Waals surface area contributed by atoms with Crippen molar-refractivity contribution in [2.75, 3.05) is 6.61 Å². The fourth-order valence-electron chi connectivity index (χ4n) is 3.08. The highest BCUT2D eigenvalue weighted by atomic mass is 19.4. The maximum atomic E-state index is 11.0. The van der Waals surface area contributed by atoms with Crippen LogP contribution in [0.1, 0.15) is 24.7 Å². The van der Waals surface area contributed by atoms with Crippen LogP contribution in [0.15, 0.2) is 24.4 Å². The average molecular weight is 467 g/mol. The SMILES string of the molecule is CCCc1nc(-c2cn3c(n2)-c2cc(CC(=O)O)ccc2OCC3)n[nH]1.O=C(O)C(F)(F)F. The van der Waals surface area contributed by atoms with Gasteiger partial charge in [0, 0.05) is 12.6 Å². The van der Waals surface area contributed by atoms with Crippen LogP contribution in [0.4, 0.5) is 13.2 Å². The number of nitrogens with zero attached hydrogens (tertiary/aromatic N) is 4. The van der Waals surface area contributed by atoms with Crippen molar-refractivity contribution >= 4 is 11.9 Å². The number of alkyl halides is 3. The molecule has 3 aromatic rings. The van der Waals surface area contributed by atoms with E-state index in [1.165, 1.54) is 0 Å². The van der Waals surface area contributed by atoms with Gasteiger partial charge in [0.1, 0.15) is 29.7 Å². The normalized spacial score (nSPS) is 12.5. The quantitative estimate of drug-likeness (QED) is 0.520. The molecule has 1 aromatic carbocycles. The van der Waals surface area contributed by atoms with E-state index in [0.29, 0.717) is 36.0 Å². The second-order valence-corrected chi connectivity index (χ2v) is 7.05. The Bertz CT molecular complexity index is 1160. The van der Waals surface area contributed by atoms with Crippen molar-refractivity contribution in [3.05, 3.63) is 35.8 Å². The van der Waals surface area contributed by atoms with Crippen molar-refractivity contribution in [1.82, 2.24) is 24.7 Å². The van der Waals surface area contributed by atoms with Gasteiger partial charge in [0.2, 0.25) is 5.82 Å². The first-order valence-corrected chi connectivity index (χ1v) is 9.85. The highest BCUT2D eigenvalue weighted by molar-refractivity contribution is 5.74. The summed E-state index contributed by atoms with van der Waals surface area (Å²) in [4.78, 5) is 29.1. The van der Waals surface area contributed by atoms with E-state index < -0.39 is 18.1 Å². The Kier molecular flexibility index (Phi) is 6.99. The highest BCUT2D eigenvalue weighted by Gasteiger charge is 2.38. The van der Waals surface area contributed by atoms with Crippen molar-refractivity contribution in [3.63, 3.8) is 0 Å². The largest absolute Gasteiger partial charge is 0.491 e. The number of halogens is 3. The molecule has 4 rings (SSSR count). The molecule has 10 nitrogen and oxygen atoms in total. The minimum atomic E-state index is -5.08. The standard InChI is InChI=1S/C18H19N5O3.C2HF3O2/c1-2-3-15-20-17(22-21-15)13-10-23-6-7-26-14-5-4-11(9-16(24)25)8-12(14)18(23)19-13;3-2(4,5)1(6)7/h4-5,8,10H,2-3,6-7,9H2,1H3,(H,24,25)(H,20,21,22);(H,6,7). The van der Waals surface area contributed by atoms with Gasteiger partial charge in [0.25, 0.3) is 0 Å². The predicted molar refractivity (Wildman–Crippen MR) is 108 cm³/mol. The number of rotatable bonds is 5. The zero-order valence-corrected chi connectivity index (χ0v) is 17.4. The zero-order valence-electron chi connectivity index (χ0n) is 17.4. The topological polar surface area (TPSA) is 143 Å². The van der Waals surface area contributed by atoms with Crippen molar-refractivity contribution in [2.45, 2.75) is 38.9 Å². The van der Waals surface area contributed by atoms with E-state index in [4.69, 9.17) is 24.7 Å².